The molecule has 0 spiro atoms. The number of aliphatic imine (C=N–C) groups is 1. The number of para-hydroxylation sites is 1. The van der Waals surface area contributed by atoms with Crippen LogP contribution < -0.4 is 0 Å². The Morgan fingerprint density at radius 2 is 1.50 bits per heavy atom. The van der Waals surface area contributed by atoms with Gasteiger partial charge in [0.2, 0.25) is 5.90 Å². The van der Waals surface area contributed by atoms with Crippen molar-refractivity contribution in [2.75, 3.05) is 0 Å². The van der Waals surface area contributed by atoms with E-state index in [1.54, 1.807) is 41.2 Å². The average Bonchev–Trinajstić information content (AvgIpc) is 3.69. The maximum absolute atomic E-state index is 12.6. The molecule has 0 saturated heterocycles. The minimum atomic E-state index is -0.562. The maximum Gasteiger partial charge on any atom is 0.363 e. The van der Waals surface area contributed by atoms with Crippen molar-refractivity contribution in [1.29, 1.82) is 0 Å². The number of hydrogen-bond acceptors (Lipinski definition) is 7. The van der Waals surface area contributed by atoms with Crippen LogP contribution in [0.2, 0.25) is 0 Å². The van der Waals surface area contributed by atoms with Gasteiger partial charge in [0.25, 0.3) is 5.69 Å². The number of cyclic esters (lactones) is 1. The summed E-state index contributed by atoms with van der Waals surface area (Å²) in [7, 11) is 0. The highest BCUT2D eigenvalue weighted by Gasteiger charge is 2.25. The Labute approximate surface area is 216 Å². The lowest BCUT2D eigenvalue weighted by atomic mass is 10.1. The fourth-order valence-corrected chi connectivity index (χ4v) is 4.03. The van der Waals surface area contributed by atoms with E-state index in [0.29, 0.717) is 33.9 Å². The minimum absolute atomic E-state index is 0.00470. The van der Waals surface area contributed by atoms with Crippen LogP contribution in [0.25, 0.3) is 34.5 Å². The van der Waals surface area contributed by atoms with Gasteiger partial charge in [-0.05, 0) is 54.6 Å². The fraction of sp³-hybridized carbons (Fsp3) is 0. The number of esters is 1. The average molecular weight is 502 g/mol. The molecule has 1 aliphatic rings. The Morgan fingerprint density at radius 1 is 0.816 bits per heavy atom. The summed E-state index contributed by atoms with van der Waals surface area (Å²) < 4.78 is 13.2. The van der Waals surface area contributed by atoms with Crippen LogP contribution in [-0.4, -0.2) is 26.6 Å². The third-order valence-electron chi connectivity index (χ3n) is 5.90. The first-order valence-corrected chi connectivity index (χ1v) is 11.6. The van der Waals surface area contributed by atoms with Gasteiger partial charge in [-0.25, -0.2) is 14.5 Å². The molecule has 0 bridgehead atoms. The molecule has 9 nitrogen and oxygen atoms in total. The highest BCUT2D eigenvalue weighted by atomic mass is 16.6. The largest absolute Gasteiger partial charge is 0.454 e. The molecule has 184 valence electrons. The van der Waals surface area contributed by atoms with Gasteiger partial charge in [-0.15, -0.1) is 0 Å². The highest BCUT2D eigenvalue weighted by Crippen LogP contribution is 2.32. The summed E-state index contributed by atoms with van der Waals surface area (Å²) in [5, 5.41) is 15.7. The molecule has 0 radical (unpaired) electrons. The molecule has 0 unspecified atom stereocenters. The van der Waals surface area contributed by atoms with Crippen LogP contribution in [0.15, 0.2) is 118 Å². The number of carbonyl (C=O) groups excluding carboxylic acids is 1. The predicted molar refractivity (Wildman–Crippen MR) is 140 cm³/mol. The Kier molecular flexibility index (Phi) is 5.70. The van der Waals surface area contributed by atoms with Gasteiger partial charge in [0.05, 0.1) is 10.6 Å². The second kappa shape index (κ2) is 9.47. The van der Waals surface area contributed by atoms with Gasteiger partial charge in [0, 0.05) is 35.0 Å². The van der Waals surface area contributed by atoms with Crippen LogP contribution in [0.3, 0.4) is 0 Å². The smallest absolute Gasteiger partial charge is 0.363 e. The Morgan fingerprint density at radius 3 is 2.21 bits per heavy atom. The number of nitro benzene ring substituents is 1. The van der Waals surface area contributed by atoms with Crippen molar-refractivity contribution >= 4 is 23.6 Å². The third-order valence-corrected chi connectivity index (χ3v) is 5.90. The molecule has 3 aromatic carbocycles. The Balaban J connectivity index is 1.41. The first kappa shape index (κ1) is 22.9. The maximum atomic E-state index is 12.6. The van der Waals surface area contributed by atoms with Crippen LogP contribution >= 0.6 is 0 Å². The van der Waals surface area contributed by atoms with Crippen LogP contribution in [0, 0.1) is 10.1 Å². The Hall–Kier alpha value is -5.57. The highest BCUT2D eigenvalue weighted by molar-refractivity contribution is 6.13. The molecule has 5 aromatic rings. The number of rotatable bonds is 6. The van der Waals surface area contributed by atoms with Gasteiger partial charge >= 0.3 is 5.97 Å². The second-order valence-corrected chi connectivity index (χ2v) is 8.38. The quantitative estimate of drug-likeness (QED) is 0.121. The first-order chi connectivity index (χ1) is 18.5. The number of aromatic nitrogens is 2. The van der Waals surface area contributed by atoms with Gasteiger partial charge in [0.15, 0.2) is 11.5 Å². The van der Waals surface area contributed by atoms with Crippen molar-refractivity contribution in [2.45, 2.75) is 0 Å². The van der Waals surface area contributed by atoms with Gasteiger partial charge in [-0.3, -0.25) is 10.1 Å². The van der Waals surface area contributed by atoms with Crippen molar-refractivity contribution in [3.8, 4) is 28.5 Å². The molecule has 2 aromatic heterocycles. The number of furan rings is 1. The Bertz CT molecular complexity index is 1720. The van der Waals surface area contributed by atoms with E-state index in [0.717, 1.165) is 5.69 Å². The normalized spacial score (nSPS) is 13.9. The number of hydrogen-bond donors (Lipinski definition) is 0. The number of carbonyl (C=O) groups is 1. The van der Waals surface area contributed by atoms with Crippen molar-refractivity contribution in [3.63, 3.8) is 0 Å². The lowest BCUT2D eigenvalue weighted by Crippen LogP contribution is -2.04. The molecular formula is C29H18N4O5. The third kappa shape index (κ3) is 4.40. The number of nitrogens with zero attached hydrogens (tertiary/aromatic N) is 4. The van der Waals surface area contributed by atoms with Crippen LogP contribution in [-0.2, 0) is 9.53 Å². The SMILES string of the molecule is O=C1OC(c2ccccc2)=N/C1=C\c1cn(-c2ccccc2)nc1-c1ccc(-c2ccc([N+](=O)[O-])cc2)o1. The molecule has 0 atom stereocenters. The van der Waals surface area contributed by atoms with E-state index in [9.17, 15) is 14.9 Å². The van der Waals surface area contributed by atoms with E-state index in [-0.39, 0.29) is 17.3 Å². The number of nitro groups is 1. The van der Waals surface area contributed by atoms with Gasteiger partial charge in [0.1, 0.15) is 11.5 Å². The summed E-state index contributed by atoms with van der Waals surface area (Å²) in [6, 6.07) is 28.4. The topological polar surface area (TPSA) is 113 Å². The number of ether oxygens (including phenoxy) is 1. The van der Waals surface area contributed by atoms with E-state index >= 15 is 0 Å². The first-order valence-electron chi connectivity index (χ1n) is 11.6. The minimum Gasteiger partial charge on any atom is -0.454 e. The molecule has 38 heavy (non-hydrogen) atoms. The molecule has 9 heteroatoms. The van der Waals surface area contributed by atoms with Gasteiger partial charge < -0.3 is 9.15 Å². The molecule has 0 amide bonds. The van der Waals surface area contributed by atoms with Gasteiger partial charge in [-0.1, -0.05) is 36.4 Å². The summed E-state index contributed by atoms with van der Waals surface area (Å²) in [5.74, 6) is 0.650. The number of benzene rings is 3. The van der Waals surface area contributed by atoms with Crippen LogP contribution in [0.5, 0.6) is 0 Å². The van der Waals surface area contributed by atoms with E-state index in [1.807, 2.05) is 60.7 Å². The van der Waals surface area contributed by atoms with Crippen LogP contribution in [0.4, 0.5) is 5.69 Å². The molecule has 6 rings (SSSR count). The summed E-state index contributed by atoms with van der Waals surface area (Å²) >= 11 is 0. The zero-order valence-corrected chi connectivity index (χ0v) is 19.7. The molecular weight excluding hydrogens is 484 g/mol. The van der Waals surface area contributed by atoms with E-state index < -0.39 is 10.9 Å². The van der Waals surface area contributed by atoms with Crippen molar-refractivity contribution < 1.29 is 18.9 Å². The van der Waals surface area contributed by atoms with Crippen molar-refractivity contribution in [2.24, 2.45) is 4.99 Å². The summed E-state index contributed by atoms with van der Waals surface area (Å²) in [5.41, 5.74) is 3.43. The molecule has 0 fully saturated rings. The molecule has 0 aliphatic carbocycles. The number of non-ortho nitro benzene ring substituents is 1. The lowest BCUT2D eigenvalue weighted by Gasteiger charge is -1.99. The van der Waals surface area contributed by atoms with Crippen LogP contribution in [0.1, 0.15) is 11.1 Å². The fourth-order valence-electron chi connectivity index (χ4n) is 4.03. The van der Waals surface area contributed by atoms with E-state index in [2.05, 4.69) is 4.99 Å². The summed E-state index contributed by atoms with van der Waals surface area (Å²) in [6.45, 7) is 0. The van der Waals surface area contributed by atoms with E-state index in [1.165, 1.54) is 12.1 Å². The van der Waals surface area contributed by atoms with Gasteiger partial charge in [-0.2, -0.15) is 5.10 Å². The zero-order chi connectivity index (χ0) is 26.1. The summed E-state index contributed by atoms with van der Waals surface area (Å²) in [6.07, 6.45) is 3.41. The lowest BCUT2D eigenvalue weighted by molar-refractivity contribution is -0.384. The zero-order valence-electron chi connectivity index (χ0n) is 19.7. The molecule has 0 N–H and O–H groups in total. The molecule has 3 heterocycles. The van der Waals surface area contributed by atoms with Crippen molar-refractivity contribution in [3.05, 3.63) is 130 Å². The van der Waals surface area contributed by atoms with E-state index in [4.69, 9.17) is 14.3 Å². The van der Waals surface area contributed by atoms with Crippen molar-refractivity contribution in [1.82, 2.24) is 9.78 Å². The molecule has 0 saturated carbocycles. The predicted octanol–water partition coefficient (Wildman–Crippen LogP) is 6.05. The molecule has 1 aliphatic heterocycles. The monoisotopic (exact) mass is 502 g/mol. The summed E-state index contributed by atoms with van der Waals surface area (Å²) in [4.78, 5) is 27.6. The standard InChI is InChI=1S/C29H18N4O5/c34-29-24(30-28(38-29)20-7-3-1-4-8-20)17-21-18-32(22-9-5-2-6-10-22)31-27(21)26-16-15-25(37-26)19-11-13-23(14-12-19)33(35)36/h1-18H/b24-17-. The second-order valence-electron chi connectivity index (χ2n) is 8.38.